The van der Waals surface area contributed by atoms with Gasteiger partial charge in [0.15, 0.2) is 5.96 Å². The SMILES string of the molecule is CCNC(=NCc1nccn1Cc1ccccc1)NCCNC(=O)OC(C)(C)C.I. The van der Waals surface area contributed by atoms with Gasteiger partial charge in [-0.2, -0.15) is 0 Å². The van der Waals surface area contributed by atoms with Gasteiger partial charge < -0.3 is 25.3 Å². The van der Waals surface area contributed by atoms with Crippen LogP contribution in [-0.4, -0.2) is 46.8 Å². The number of halogens is 1. The van der Waals surface area contributed by atoms with E-state index in [-0.39, 0.29) is 24.0 Å². The van der Waals surface area contributed by atoms with Crippen LogP contribution in [-0.2, 0) is 17.8 Å². The van der Waals surface area contributed by atoms with Gasteiger partial charge in [0.25, 0.3) is 0 Å². The monoisotopic (exact) mass is 528 g/mol. The van der Waals surface area contributed by atoms with Crippen molar-refractivity contribution in [1.29, 1.82) is 0 Å². The van der Waals surface area contributed by atoms with Gasteiger partial charge in [-0.3, -0.25) is 0 Å². The first-order valence-electron chi connectivity index (χ1n) is 9.90. The largest absolute Gasteiger partial charge is 0.444 e. The maximum Gasteiger partial charge on any atom is 0.407 e. The van der Waals surface area contributed by atoms with E-state index in [9.17, 15) is 4.79 Å². The van der Waals surface area contributed by atoms with Crippen molar-refractivity contribution in [2.24, 2.45) is 4.99 Å². The second kappa shape index (κ2) is 13.1. The highest BCUT2D eigenvalue weighted by Gasteiger charge is 2.15. The molecule has 0 aliphatic carbocycles. The summed E-state index contributed by atoms with van der Waals surface area (Å²) in [6, 6.07) is 10.3. The van der Waals surface area contributed by atoms with Gasteiger partial charge in [-0.1, -0.05) is 30.3 Å². The number of benzene rings is 1. The molecule has 1 heterocycles. The molecule has 0 saturated heterocycles. The molecule has 0 bridgehead atoms. The number of imidazole rings is 1. The Morgan fingerprint density at radius 3 is 2.50 bits per heavy atom. The molecule has 0 saturated carbocycles. The highest BCUT2D eigenvalue weighted by Crippen LogP contribution is 2.07. The summed E-state index contributed by atoms with van der Waals surface area (Å²) in [4.78, 5) is 20.7. The van der Waals surface area contributed by atoms with Crippen molar-refractivity contribution in [3.8, 4) is 0 Å². The third kappa shape index (κ3) is 9.95. The molecule has 166 valence electrons. The van der Waals surface area contributed by atoms with Crippen LogP contribution in [0.1, 0.15) is 39.1 Å². The molecular weight excluding hydrogens is 495 g/mol. The summed E-state index contributed by atoms with van der Waals surface area (Å²) in [6.07, 6.45) is 3.33. The van der Waals surface area contributed by atoms with Crippen LogP contribution in [0.3, 0.4) is 0 Å². The fraction of sp³-hybridized carbons (Fsp3) is 0.476. The number of carbonyl (C=O) groups is 1. The standard InChI is InChI=1S/C21H32N6O2.HI/c1-5-22-19(24-11-12-25-20(28)29-21(2,3)4)26-15-18-23-13-14-27(18)16-17-9-7-6-8-10-17;/h6-10,13-14H,5,11-12,15-16H2,1-4H3,(H,25,28)(H2,22,24,26);1H. The third-order valence-corrected chi connectivity index (χ3v) is 3.81. The molecule has 2 aromatic rings. The Morgan fingerprint density at radius 1 is 1.13 bits per heavy atom. The zero-order chi connectivity index (χ0) is 21.1. The van der Waals surface area contributed by atoms with Crippen molar-refractivity contribution >= 4 is 36.0 Å². The van der Waals surface area contributed by atoms with Crippen LogP contribution < -0.4 is 16.0 Å². The molecule has 30 heavy (non-hydrogen) atoms. The minimum atomic E-state index is -0.504. The summed E-state index contributed by atoms with van der Waals surface area (Å²) in [6.45, 7) is 10.4. The van der Waals surface area contributed by atoms with Crippen molar-refractivity contribution in [3.05, 3.63) is 54.1 Å². The number of carbonyl (C=O) groups excluding carboxylic acids is 1. The molecule has 8 nitrogen and oxygen atoms in total. The molecule has 0 spiro atoms. The van der Waals surface area contributed by atoms with Crippen LogP contribution in [0.2, 0.25) is 0 Å². The molecule has 3 N–H and O–H groups in total. The van der Waals surface area contributed by atoms with Crippen LogP contribution >= 0.6 is 24.0 Å². The van der Waals surface area contributed by atoms with E-state index in [0.29, 0.717) is 25.6 Å². The summed E-state index contributed by atoms with van der Waals surface area (Å²) >= 11 is 0. The molecule has 0 atom stereocenters. The number of nitrogens with one attached hydrogen (secondary N) is 3. The van der Waals surface area contributed by atoms with E-state index in [1.54, 1.807) is 6.20 Å². The Bertz CT molecular complexity index is 786. The third-order valence-electron chi connectivity index (χ3n) is 3.81. The summed E-state index contributed by atoms with van der Waals surface area (Å²) in [5.41, 5.74) is 0.712. The van der Waals surface area contributed by atoms with Gasteiger partial charge in [0.1, 0.15) is 18.0 Å². The van der Waals surface area contributed by atoms with E-state index in [4.69, 9.17) is 4.74 Å². The summed E-state index contributed by atoms with van der Waals surface area (Å²) in [5, 5.41) is 9.12. The summed E-state index contributed by atoms with van der Waals surface area (Å²) < 4.78 is 7.31. The van der Waals surface area contributed by atoms with Gasteiger partial charge in [0, 0.05) is 38.6 Å². The van der Waals surface area contributed by atoms with E-state index in [1.165, 1.54) is 5.56 Å². The van der Waals surface area contributed by atoms with Crippen molar-refractivity contribution in [2.45, 2.75) is 46.4 Å². The number of guanidine groups is 1. The normalized spacial score (nSPS) is 11.4. The topological polar surface area (TPSA) is 92.6 Å². The van der Waals surface area contributed by atoms with E-state index >= 15 is 0 Å². The predicted octanol–water partition coefficient (Wildman–Crippen LogP) is 3.13. The zero-order valence-electron chi connectivity index (χ0n) is 18.1. The molecule has 0 aliphatic rings. The lowest BCUT2D eigenvalue weighted by molar-refractivity contribution is 0.0529. The average molecular weight is 528 g/mol. The number of rotatable bonds is 8. The fourth-order valence-electron chi connectivity index (χ4n) is 2.57. The number of amides is 1. The predicted molar refractivity (Wildman–Crippen MR) is 130 cm³/mol. The quantitative estimate of drug-likeness (QED) is 0.212. The number of ether oxygens (including phenoxy) is 1. The van der Waals surface area contributed by atoms with Gasteiger partial charge in [-0.25, -0.2) is 14.8 Å². The Hall–Kier alpha value is -2.30. The second-order valence-electron chi connectivity index (χ2n) is 7.51. The second-order valence-corrected chi connectivity index (χ2v) is 7.51. The molecule has 2 rings (SSSR count). The zero-order valence-corrected chi connectivity index (χ0v) is 20.5. The Labute approximate surface area is 195 Å². The highest BCUT2D eigenvalue weighted by molar-refractivity contribution is 14.0. The lowest BCUT2D eigenvalue weighted by Crippen LogP contribution is -2.42. The van der Waals surface area contributed by atoms with Crippen molar-refractivity contribution in [3.63, 3.8) is 0 Å². The van der Waals surface area contributed by atoms with Crippen LogP contribution in [0.4, 0.5) is 4.79 Å². The molecule has 1 aromatic carbocycles. The number of alkyl carbamates (subject to hydrolysis) is 1. The fourth-order valence-corrected chi connectivity index (χ4v) is 2.57. The average Bonchev–Trinajstić information content (AvgIpc) is 3.09. The molecule has 9 heteroatoms. The number of hydrogen-bond acceptors (Lipinski definition) is 4. The molecule has 0 aliphatic heterocycles. The molecular formula is C21H33IN6O2. The van der Waals surface area contributed by atoms with E-state index in [2.05, 4.69) is 42.6 Å². The highest BCUT2D eigenvalue weighted by atomic mass is 127. The van der Waals surface area contributed by atoms with Gasteiger partial charge in [-0.15, -0.1) is 24.0 Å². The number of aromatic nitrogens is 2. The molecule has 0 unspecified atom stereocenters. The summed E-state index contributed by atoms with van der Waals surface area (Å²) in [5.74, 6) is 1.56. The molecule has 0 fully saturated rings. The van der Waals surface area contributed by atoms with Crippen LogP contribution in [0, 0.1) is 0 Å². The number of hydrogen-bond donors (Lipinski definition) is 3. The Kier molecular flexibility index (Phi) is 11.2. The first-order chi connectivity index (χ1) is 13.9. The Balaban J connectivity index is 0.00000450. The number of aliphatic imine (C=N–C) groups is 1. The lowest BCUT2D eigenvalue weighted by atomic mass is 10.2. The van der Waals surface area contributed by atoms with E-state index < -0.39 is 11.7 Å². The maximum absolute atomic E-state index is 11.7. The smallest absolute Gasteiger partial charge is 0.407 e. The van der Waals surface area contributed by atoms with Gasteiger partial charge >= 0.3 is 6.09 Å². The van der Waals surface area contributed by atoms with Gasteiger partial charge in [-0.05, 0) is 33.3 Å². The van der Waals surface area contributed by atoms with Crippen molar-refractivity contribution in [1.82, 2.24) is 25.5 Å². The minimum Gasteiger partial charge on any atom is -0.444 e. The van der Waals surface area contributed by atoms with Crippen molar-refractivity contribution in [2.75, 3.05) is 19.6 Å². The van der Waals surface area contributed by atoms with Crippen molar-refractivity contribution < 1.29 is 9.53 Å². The van der Waals surface area contributed by atoms with Gasteiger partial charge in [0.05, 0.1) is 0 Å². The number of nitrogens with zero attached hydrogens (tertiary/aromatic N) is 3. The molecule has 1 aromatic heterocycles. The molecule has 0 radical (unpaired) electrons. The maximum atomic E-state index is 11.7. The first kappa shape index (κ1) is 25.7. The van der Waals surface area contributed by atoms with Crippen LogP contribution in [0.15, 0.2) is 47.7 Å². The van der Waals surface area contributed by atoms with E-state index in [1.807, 2.05) is 52.1 Å². The first-order valence-corrected chi connectivity index (χ1v) is 9.90. The summed E-state index contributed by atoms with van der Waals surface area (Å²) in [7, 11) is 0. The van der Waals surface area contributed by atoms with Crippen LogP contribution in [0.25, 0.3) is 0 Å². The lowest BCUT2D eigenvalue weighted by Gasteiger charge is -2.19. The van der Waals surface area contributed by atoms with E-state index in [0.717, 1.165) is 18.9 Å². The minimum absolute atomic E-state index is 0. The molecule has 1 amide bonds. The van der Waals surface area contributed by atoms with Gasteiger partial charge in [0.2, 0.25) is 0 Å². The van der Waals surface area contributed by atoms with Crippen LogP contribution in [0.5, 0.6) is 0 Å². The Morgan fingerprint density at radius 2 is 1.83 bits per heavy atom.